The summed E-state index contributed by atoms with van der Waals surface area (Å²) in [4.78, 5) is 0. The van der Waals surface area contributed by atoms with E-state index in [0.29, 0.717) is 6.42 Å². The van der Waals surface area contributed by atoms with E-state index in [1.165, 1.54) is 19.3 Å². The number of hydrogen-bond donors (Lipinski definition) is 1. The molecule has 0 aromatic rings. The van der Waals surface area contributed by atoms with Gasteiger partial charge in [0.1, 0.15) is 0 Å². The van der Waals surface area contributed by atoms with Gasteiger partial charge in [-0.25, -0.2) is 0 Å². The van der Waals surface area contributed by atoms with Crippen LogP contribution in [0.1, 0.15) is 45.4 Å². The van der Waals surface area contributed by atoms with Gasteiger partial charge in [-0.3, -0.25) is 0 Å². The summed E-state index contributed by atoms with van der Waals surface area (Å²) >= 11 is 0. The summed E-state index contributed by atoms with van der Waals surface area (Å²) in [6.45, 7) is 2.16. The molecule has 1 aliphatic carbocycles. The topological polar surface area (TPSA) is 20.2 Å². The first kappa shape index (κ1) is 9.61. The monoisotopic (exact) mass is 166 g/mol. The Labute approximate surface area is 75.2 Å². The first-order valence-corrected chi connectivity index (χ1v) is 4.80. The third kappa shape index (κ3) is 2.01. The fourth-order valence-corrected chi connectivity index (χ4v) is 2.05. The highest BCUT2D eigenvalue weighted by atomic mass is 16.3. The van der Waals surface area contributed by atoms with E-state index in [-0.39, 0.29) is 11.5 Å². The summed E-state index contributed by atoms with van der Waals surface area (Å²) in [5.74, 6) is 2.54. The lowest BCUT2D eigenvalue weighted by Gasteiger charge is -2.37. The molecule has 0 bridgehead atoms. The van der Waals surface area contributed by atoms with Gasteiger partial charge in [0.2, 0.25) is 0 Å². The Balaban J connectivity index is 2.51. The predicted octanol–water partition coefficient (Wildman–Crippen LogP) is 2.34. The number of aliphatic hydroxyl groups excluding tert-OH is 1. The SMILES string of the molecule is C#CCC(O)C1(C)CCCCC1. The molecule has 12 heavy (non-hydrogen) atoms. The molecule has 0 aromatic carbocycles. The smallest absolute Gasteiger partial charge is 0.0702 e. The zero-order valence-electron chi connectivity index (χ0n) is 7.84. The molecule has 1 fully saturated rings. The second kappa shape index (κ2) is 3.96. The van der Waals surface area contributed by atoms with Crippen molar-refractivity contribution in [2.75, 3.05) is 0 Å². The Kier molecular flexibility index (Phi) is 3.17. The third-order valence-electron chi connectivity index (χ3n) is 3.11. The van der Waals surface area contributed by atoms with Gasteiger partial charge in [-0.2, -0.15) is 0 Å². The minimum Gasteiger partial charge on any atom is -0.392 e. The highest BCUT2D eigenvalue weighted by molar-refractivity contribution is 4.94. The lowest BCUT2D eigenvalue weighted by Crippen LogP contribution is -2.33. The molecule has 1 saturated carbocycles. The molecular weight excluding hydrogens is 148 g/mol. The fourth-order valence-electron chi connectivity index (χ4n) is 2.05. The summed E-state index contributed by atoms with van der Waals surface area (Å²) in [6, 6.07) is 0. The van der Waals surface area contributed by atoms with Gasteiger partial charge in [-0.15, -0.1) is 12.3 Å². The van der Waals surface area contributed by atoms with Crippen LogP contribution in [0.3, 0.4) is 0 Å². The zero-order chi connectivity index (χ0) is 9.03. The average molecular weight is 166 g/mol. The molecule has 1 nitrogen and oxygen atoms in total. The van der Waals surface area contributed by atoms with Crippen LogP contribution in [0.15, 0.2) is 0 Å². The molecular formula is C11H18O. The molecule has 1 unspecified atom stereocenters. The van der Waals surface area contributed by atoms with Gasteiger partial charge in [-0.1, -0.05) is 26.2 Å². The predicted molar refractivity (Wildman–Crippen MR) is 50.6 cm³/mol. The van der Waals surface area contributed by atoms with Gasteiger partial charge >= 0.3 is 0 Å². The molecule has 0 aromatic heterocycles. The molecule has 0 aliphatic heterocycles. The van der Waals surface area contributed by atoms with Crippen molar-refractivity contribution in [2.24, 2.45) is 5.41 Å². The van der Waals surface area contributed by atoms with Crippen LogP contribution in [-0.4, -0.2) is 11.2 Å². The van der Waals surface area contributed by atoms with E-state index in [1.54, 1.807) is 0 Å². The van der Waals surface area contributed by atoms with Crippen LogP contribution in [-0.2, 0) is 0 Å². The third-order valence-corrected chi connectivity index (χ3v) is 3.11. The first-order valence-electron chi connectivity index (χ1n) is 4.80. The number of hydrogen-bond acceptors (Lipinski definition) is 1. The van der Waals surface area contributed by atoms with Crippen LogP contribution in [0.2, 0.25) is 0 Å². The summed E-state index contributed by atoms with van der Waals surface area (Å²) in [7, 11) is 0. The molecule has 1 heteroatoms. The lowest BCUT2D eigenvalue weighted by atomic mass is 9.71. The molecule has 1 aliphatic rings. The van der Waals surface area contributed by atoms with Crippen LogP contribution >= 0.6 is 0 Å². The van der Waals surface area contributed by atoms with E-state index in [1.807, 2.05) is 0 Å². The molecule has 0 saturated heterocycles. The van der Waals surface area contributed by atoms with Gasteiger partial charge in [0.05, 0.1) is 6.10 Å². The molecule has 0 spiro atoms. The van der Waals surface area contributed by atoms with Crippen molar-refractivity contribution in [3.05, 3.63) is 0 Å². The van der Waals surface area contributed by atoms with E-state index in [4.69, 9.17) is 6.42 Å². The molecule has 1 atom stereocenters. The van der Waals surface area contributed by atoms with Crippen molar-refractivity contribution in [1.29, 1.82) is 0 Å². The van der Waals surface area contributed by atoms with Crippen LogP contribution < -0.4 is 0 Å². The minimum absolute atomic E-state index is 0.102. The summed E-state index contributed by atoms with van der Waals surface area (Å²) in [5, 5.41) is 9.79. The van der Waals surface area contributed by atoms with Crippen LogP contribution in [0.25, 0.3) is 0 Å². The van der Waals surface area contributed by atoms with Gasteiger partial charge < -0.3 is 5.11 Å². The second-order valence-electron chi connectivity index (χ2n) is 4.14. The maximum atomic E-state index is 9.79. The Morgan fingerprint density at radius 2 is 2.00 bits per heavy atom. The molecule has 0 amide bonds. The maximum Gasteiger partial charge on any atom is 0.0702 e. The Morgan fingerprint density at radius 1 is 1.42 bits per heavy atom. The highest BCUT2D eigenvalue weighted by Crippen LogP contribution is 2.39. The average Bonchev–Trinajstić information content (AvgIpc) is 2.06. The van der Waals surface area contributed by atoms with Gasteiger partial charge in [-0.05, 0) is 18.3 Å². The molecule has 1 rings (SSSR count). The van der Waals surface area contributed by atoms with Crippen molar-refractivity contribution in [3.8, 4) is 12.3 Å². The van der Waals surface area contributed by atoms with Crippen molar-refractivity contribution in [3.63, 3.8) is 0 Å². The second-order valence-corrected chi connectivity index (χ2v) is 4.14. The maximum absolute atomic E-state index is 9.79. The Bertz CT molecular complexity index is 172. The van der Waals surface area contributed by atoms with Crippen molar-refractivity contribution >= 4 is 0 Å². The molecule has 68 valence electrons. The van der Waals surface area contributed by atoms with E-state index in [9.17, 15) is 5.11 Å². The molecule has 1 N–H and O–H groups in total. The summed E-state index contributed by atoms with van der Waals surface area (Å²) in [5.41, 5.74) is 0.102. The fraction of sp³-hybridized carbons (Fsp3) is 0.818. The normalized spacial score (nSPS) is 24.4. The molecule has 0 heterocycles. The number of rotatable bonds is 2. The van der Waals surface area contributed by atoms with Crippen molar-refractivity contribution in [1.82, 2.24) is 0 Å². The Hall–Kier alpha value is -0.480. The van der Waals surface area contributed by atoms with E-state index < -0.39 is 0 Å². The van der Waals surface area contributed by atoms with Gasteiger partial charge in [0, 0.05) is 6.42 Å². The van der Waals surface area contributed by atoms with E-state index >= 15 is 0 Å². The number of aliphatic hydroxyl groups is 1. The van der Waals surface area contributed by atoms with Crippen LogP contribution in [0.4, 0.5) is 0 Å². The van der Waals surface area contributed by atoms with Crippen LogP contribution in [0, 0.1) is 17.8 Å². The van der Waals surface area contributed by atoms with Crippen molar-refractivity contribution in [2.45, 2.75) is 51.6 Å². The standard InChI is InChI=1S/C11H18O/c1-3-7-10(12)11(2)8-5-4-6-9-11/h1,10,12H,4-9H2,2H3. The van der Waals surface area contributed by atoms with Crippen LogP contribution in [0.5, 0.6) is 0 Å². The lowest BCUT2D eigenvalue weighted by molar-refractivity contribution is 0.0137. The molecule has 0 radical (unpaired) electrons. The van der Waals surface area contributed by atoms with Gasteiger partial charge in [0.15, 0.2) is 0 Å². The first-order chi connectivity index (χ1) is 5.69. The van der Waals surface area contributed by atoms with Gasteiger partial charge in [0.25, 0.3) is 0 Å². The highest BCUT2D eigenvalue weighted by Gasteiger charge is 2.33. The number of terminal acetylenes is 1. The van der Waals surface area contributed by atoms with Crippen molar-refractivity contribution < 1.29 is 5.11 Å². The largest absolute Gasteiger partial charge is 0.392 e. The zero-order valence-corrected chi connectivity index (χ0v) is 7.84. The van der Waals surface area contributed by atoms with E-state index in [0.717, 1.165) is 12.8 Å². The van der Waals surface area contributed by atoms with E-state index in [2.05, 4.69) is 12.8 Å². The summed E-state index contributed by atoms with van der Waals surface area (Å²) < 4.78 is 0. The minimum atomic E-state index is -0.289. The Morgan fingerprint density at radius 3 is 2.50 bits per heavy atom. The summed E-state index contributed by atoms with van der Waals surface area (Å²) in [6.07, 6.45) is 11.5. The quantitative estimate of drug-likeness (QED) is 0.624.